The molecule has 2 aliphatic rings. The summed E-state index contributed by atoms with van der Waals surface area (Å²) in [5.74, 6) is 0.0489. The van der Waals surface area contributed by atoms with Crippen LogP contribution in [0.5, 0.6) is 0 Å². The van der Waals surface area contributed by atoms with Gasteiger partial charge in [0.25, 0.3) is 0 Å². The predicted molar refractivity (Wildman–Crippen MR) is 87.2 cm³/mol. The molecule has 1 heterocycles. The van der Waals surface area contributed by atoms with Gasteiger partial charge in [0.15, 0.2) is 5.78 Å². The number of rotatable bonds is 1. The van der Waals surface area contributed by atoms with Crippen LogP contribution in [0.4, 0.5) is 0 Å². The molecule has 23 heavy (non-hydrogen) atoms. The summed E-state index contributed by atoms with van der Waals surface area (Å²) in [4.78, 5) is 13.0. The third-order valence-corrected chi connectivity index (χ3v) is 4.89. The van der Waals surface area contributed by atoms with Gasteiger partial charge < -0.3 is 10.5 Å². The topological polar surface area (TPSA) is 76.1 Å². The van der Waals surface area contributed by atoms with E-state index in [-0.39, 0.29) is 17.2 Å². The van der Waals surface area contributed by atoms with Gasteiger partial charge in [-0.1, -0.05) is 43.6 Å². The van der Waals surface area contributed by atoms with Crippen molar-refractivity contribution in [1.82, 2.24) is 0 Å². The van der Waals surface area contributed by atoms with Gasteiger partial charge in [-0.05, 0) is 18.1 Å². The number of nitrogens with two attached hydrogens (primary N) is 1. The lowest BCUT2D eigenvalue weighted by molar-refractivity contribution is -0.125. The van der Waals surface area contributed by atoms with Crippen LogP contribution in [0.2, 0.25) is 5.02 Å². The van der Waals surface area contributed by atoms with Crippen LogP contribution < -0.4 is 5.73 Å². The number of nitriles is 1. The summed E-state index contributed by atoms with van der Waals surface area (Å²) in [6.07, 6.45) is 1.31. The number of benzene rings is 1. The van der Waals surface area contributed by atoms with Gasteiger partial charge in [-0.2, -0.15) is 5.26 Å². The summed E-state index contributed by atoms with van der Waals surface area (Å²) in [6.45, 7) is 3.83. The van der Waals surface area contributed by atoms with Crippen molar-refractivity contribution in [3.8, 4) is 6.07 Å². The molecule has 0 bridgehead atoms. The molecule has 0 saturated carbocycles. The first-order valence-electron chi connectivity index (χ1n) is 7.46. The highest BCUT2D eigenvalue weighted by molar-refractivity contribution is 6.31. The minimum atomic E-state index is -0.565. The van der Waals surface area contributed by atoms with E-state index in [1.807, 2.05) is 32.0 Å². The lowest BCUT2D eigenvalue weighted by Gasteiger charge is -2.37. The van der Waals surface area contributed by atoms with Crippen LogP contribution in [-0.4, -0.2) is 5.78 Å². The maximum Gasteiger partial charge on any atom is 0.205 e. The SMILES string of the molecule is CC1(C)CCC2=C(C1=O)C(c1ccccc1Cl)C(C#N)=C(N)O2. The van der Waals surface area contributed by atoms with Crippen LogP contribution in [-0.2, 0) is 9.53 Å². The van der Waals surface area contributed by atoms with Crippen LogP contribution in [0, 0.1) is 16.7 Å². The molecule has 118 valence electrons. The number of carbonyl (C=O) groups excluding carboxylic acids is 1. The highest BCUT2D eigenvalue weighted by atomic mass is 35.5. The molecule has 0 radical (unpaired) electrons. The first-order chi connectivity index (χ1) is 10.9. The van der Waals surface area contributed by atoms with E-state index >= 15 is 0 Å². The van der Waals surface area contributed by atoms with Crippen molar-refractivity contribution >= 4 is 17.4 Å². The first kappa shape index (κ1) is 15.6. The van der Waals surface area contributed by atoms with Gasteiger partial charge >= 0.3 is 0 Å². The fourth-order valence-corrected chi connectivity index (χ4v) is 3.42. The summed E-state index contributed by atoms with van der Waals surface area (Å²) in [5.41, 5.74) is 6.90. The zero-order valence-corrected chi connectivity index (χ0v) is 13.8. The Hall–Kier alpha value is -2.25. The highest BCUT2D eigenvalue weighted by Gasteiger charge is 2.45. The van der Waals surface area contributed by atoms with E-state index in [0.717, 1.165) is 0 Å². The smallest absolute Gasteiger partial charge is 0.205 e. The molecule has 1 aliphatic heterocycles. The number of Topliss-reactive ketones (excluding diaryl/α,β-unsaturated/α-hetero) is 1. The molecular formula is C18H17ClN2O2. The van der Waals surface area contributed by atoms with Crippen molar-refractivity contribution < 1.29 is 9.53 Å². The van der Waals surface area contributed by atoms with Crippen molar-refractivity contribution in [3.05, 3.63) is 57.6 Å². The molecule has 2 N–H and O–H groups in total. The lowest BCUT2D eigenvalue weighted by atomic mass is 9.68. The molecule has 4 nitrogen and oxygen atoms in total. The summed E-state index contributed by atoms with van der Waals surface area (Å²) in [7, 11) is 0. The Kier molecular flexibility index (Phi) is 3.69. The van der Waals surface area contributed by atoms with Gasteiger partial charge in [0, 0.05) is 22.4 Å². The Morgan fingerprint density at radius 1 is 1.39 bits per heavy atom. The second-order valence-electron chi connectivity index (χ2n) is 6.50. The van der Waals surface area contributed by atoms with Gasteiger partial charge in [0.2, 0.25) is 5.88 Å². The molecule has 0 fully saturated rings. The van der Waals surface area contributed by atoms with Gasteiger partial charge in [0.1, 0.15) is 17.4 Å². The third-order valence-electron chi connectivity index (χ3n) is 4.55. The first-order valence-corrected chi connectivity index (χ1v) is 7.84. The molecular weight excluding hydrogens is 312 g/mol. The second-order valence-corrected chi connectivity index (χ2v) is 6.90. The molecule has 1 unspecified atom stereocenters. The molecule has 1 atom stereocenters. The molecule has 3 rings (SSSR count). The number of ether oxygens (including phenoxy) is 1. The number of hydrogen-bond donors (Lipinski definition) is 1. The number of ketones is 1. The zero-order chi connectivity index (χ0) is 16.8. The lowest BCUT2D eigenvalue weighted by Crippen LogP contribution is -2.36. The van der Waals surface area contributed by atoms with Crippen molar-refractivity contribution in [2.75, 3.05) is 0 Å². The Labute approximate surface area is 140 Å². The maximum atomic E-state index is 13.0. The van der Waals surface area contributed by atoms with Crippen molar-refractivity contribution in [3.63, 3.8) is 0 Å². The Morgan fingerprint density at radius 3 is 2.74 bits per heavy atom. The predicted octanol–water partition coefficient (Wildman–Crippen LogP) is 3.79. The molecule has 5 heteroatoms. The van der Waals surface area contributed by atoms with E-state index in [0.29, 0.717) is 34.8 Å². The molecule has 0 amide bonds. The van der Waals surface area contributed by atoms with Crippen LogP contribution in [0.15, 0.2) is 47.1 Å². The second kappa shape index (κ2) is 5.43. The van der Waals surface area contributed by atoms with Crippen LogP contribution in [0.25, 0.3) is 0 Å². The van der Waals surface area contributed by atoms with Crippen molar-refractivity contribution in [2.24, 2.45) is 11.1 Å². The average Bonchev–Trinajstić information content (AvgIpc) is 2.51. The summed E-state index contributed by atoms with van der Waals surface area (Å²) in [5, 5.41) is 10.0. The van der Waals surface area contributed by atoms with E-state index in [2.05, 4.69) is 6.07 Å². The Bertz CT molecular complexity index is 799. The van der Waals surface area contributed by atoms with E-state index < -0.39 is 11.3 Å². The standard InChI is InChI=1S/C18H17ClN2O2/c1-18(2)8-7-13-15(16(18)22)14(11(9-20)17(21)23-13)10-5-3-4-6-12(10)19/h3-6,14H,7-8,21H2,1-2H3. The molecule has 0 saturated heterocycles. The van der Waals surface area contributed by atoms with Crippen LogP contribution >= 0.6 is 11.6 Å². The molecule has 1 aromatic rings. The Morgan fingerprint density at radius 2 is 2.09 bits per heavy atom. The van der Waals surface area contributed by atoms with E-state index in [4.69, 9.17) is 22.1 Å². The van der Waals surface area contributed by atoms with Crippen LogP contribution in [0.3, 0.4) is 0 Å². The molecule has 0 aromatic heterocycles. The quantitative estimate of drug-likeness (QED) is 0.850. The minimum Gasteiger partial charge on any atom is -0.444 e. The van der Waals surface area contributed by atoms with Gasteiger partial charge in [-0.3, -0.25) is 4.79 Å². The Balaban J connectivity index is 2.24. The number of allylic oxidation sites excluding steroid dienone is 3. The number of nitrogens with zero attached hydrogens (tertiary/aromatic N) is 1. The third kappa shape index (κ3) is 2.42. The number of halogens is 1. The van der Waals surface area contributed by atoms with Crippen LogP contribution in [0.1, 0.15) is 38.2 Å². The van der Waals surface area contributed by atoms with E-state index in [1.54, 1.807) is 6.07 Å². The summed E-state index contributed by atoms with van der Waals surface area (Å²) in [6, 6.07) is 9.31. The maximum absolute atomic E-state index is 13.0. The highest BCUT2D eigenvalue weighted by Crippen LogP contribution is 2.48. The van der Waals surface area contributed by atoms with Crippen molar-refractivity contribution in [2.45, 2.75) is 32.6 Å². The normalized spacial score (nSPS) is 23.2. The minimum absolute atomic E-state index is 0.0103. The number of hydrogen-bond acceptors (Lipinski definition) is 4. The van der Waals surface area contributed by atoms with E-state index in [1.165, 1.54) is 0 Å². The van der Waals surface area contributed by atoms with Gasteiger partial charge in [-0.25, -0.2) is 0 Å². The molecule has 1 aliphatic carbocycles. The van der Waals surface area contributed by atoms with Gasteiger partial charge in [-0.15, -0.1) is 0 Å². The average molecular weight is 329 g/mol. The largest absolute Gasteiger partial charge is 0.444 e. The summed E-state index contributed by atoms with van der Waals surface area (Å²) >= 11 is 6.33. The zero-order valence-electron chi connectivity index (χ0n) is 13.0. The number of carbonyl (C=O) groups is 1. The fourth-order valence-electron chi connectivity index (χ4n) is 3.18. The van der Waals surface area contributed by atoms with E-state index in [9.17, 15) is 10.1 Å². The monoisotopic (exact) mass is 328 g/mol. The molecule has 1 aromatic carbocycles. The molecule has 0 spiro atoms. The van der Waals surface area contributed by atoms with Gasteiger partial charge in [0.05, 0.1) is 5.92 Å². The summed E-state index contributed by atoms with van der Waals surface area (Å²) < 4.78 is 5.60. The van der Waals surface area contributed by atoms with Crippen molar-refractivity contribution in [1.29, 1.82) is 5.26 Å². The fraction of sp³-hybridized carbons (Fsp3) is 0.333.